The van der Waals surface area contributed by atoms with Gasteiger partial charge in [0.25, 0.3) is 5.19 Å². The van der Waals surface area contributed by atoms with E-state index in [9.17, 15) is 13.6 Å². The summed E-state index contributed by atoms with van der Waals surface area (Å²) in [5.74, 6) is -2.45. The average Bonchev–Trinajstić information content (AvgIpc) is 2.74. The molecule has 0 amide bonds. The van der Waals surface area contributed by atoms with Crippen LogP contribution in [0.2, 0.25) is 5.15 Å². The van der Waals surface area contributed by atoms with Gasteiger partial charge in [0.05, 0.1) is 7.11 Å². The van der Waals surface area contributed by atoms with Crippen LogP contribution in [0.4, 0.5) is 8.78 Å². The SMILES string of the molecule is COC(=O)c1sc(Oc2cc(F)ccc2F)nc1Cl. The molecule has 2 aromatic rings. The summed E-state index contributed by atoms with van der Waals surface area (Å²) in [6.07, 6.45) is 0. The van der Waals surface area contributed by atoms with E-state index in [0.29, 0.717) is 0 Å². The highest BCUT2D eigenvalue weighted by Gasteiger charge is 2.19. The van der Waals surface area contributed by atoms with Crippen molar-refractivity contribution in [2.75, 3.05) is 7.11 Å². The van der Waals surface area contributed by atoms with Crippen LogP contribution in [0.25, 0.3) is 0 Å². The Balaban J connectivity index is 2.29. The van der Waals surface area contributed by atoms with Crippen molar-refractivity contribution in [3.63, 3.8) is 0 Å². The van der Waals surface area contributed by atoms with Crippen molar-refractivity contribution >= 4 is 28.9 Å². The first-order chi connectivity index (χ1) is 9.01. The molecule has 19 heavy (non-hydrogen) atoms. The summed E-state index contributed by atoms with van der Waals surface area (Å²) in [7, 11) is 1.19. The zero-order valence-corrected chi connectivity index (χ0v) is 11.0. The number of halogens is 3. The molecular formula is C11H6ClF2NO3S. The van der Waals surface area contributed by atoms with E-state index in [1.54, 1.807) is 0 Å². The van der Waals surface area contributed by atoms with E-state index in [0.717, 1.165) is 29.5 Å². The molecule has 1 heterocycles. The molecule has 0 N–H and O–H groups in total. The standard InChI is InChI=1S/C11H6ClF2NO3S/c1-17-10(16)8-9(12)15-11(19-8)18-7-4-5(13)2-3-6(7)14/h2-4H,1H3. The van der Waals surface area contributed by atoms with Gasteiger partial charge in [-0.25, -0.2) is 13.6 Å². The molecule has 0 saturated carbocycles. The van der Waals surface area contributed by atoms with Crippen LogP contribution in [0.3, 0.4) is 0 Å². The smallest absolute Gasteiger partial charge is 0.351 e. The molecule has 0 radical (unpaired) electrons. The maximum absolute atomic E-state index is 13.3. The van der Waals surface area contributed by atoms with Crippen molar-refractivity contribution in [1.82, 2.24) is 4.98 Å². The molecule has 2 rings (SSSR count). The minimum absolute atomic E-state index is 0.0241. The Kier molecular flexibility index (Phi) is 3.96. The topological polar surface area (TPSA) is 48.4 Å². The lowest BCUT2D eigenvalue weighted by atomic mass is 10.3. The number of esters is 1. The van der Waals surface area contributed by atoms with E-state index in [4.69, 9.17) is 16.3 Å². The second kappa shape index (κ2) is 5.50. The zero-order chi connectivity index (χ0) is 14.0. The lowest BCUT2D eigenvalue weighted by Gasteiger charge is -2.02. The Bertz CT molecular complexity index is 632. The minimum Gasteiger partial charge on any atom is -0.465 e. The van der Waals surface area contributed by atoms with E-state index in [-0.39, 0.29) is 21.0 Å². The number of ether oxygens (including phenoxy) is 2. The van der Waals surface area contributed by atoms with Crippen LogP contribution >= 0.6 is 22.9 Å². The predicted molar refractivity (Wildman–Crippen MR) is 64.9 cm³/mol. The Hall–Kier alpha value is -1.73. The molecule has 0 aliphatic rings. The van der Waals surface area contributed by atoms with Gasteiger partial charge in [-0.05, 0) is 12.1 Å². The molecule has 4 nitrogen and oxygen atoms in total. The predicted octanol–water partition coefficient (Wildman–Crippen LogP) is 3.65. The van der Waals surface area contributed by atoms with Crippen molar-refractivity contribution < 1.29 is 23.0 Å². The highest BCUT2D eigenvalue weighted by molar-refractivity contribution is 7.15. The number of nitrogens with zero attached hydrogens (tertiary/aromatic N) is 1. The number of benzene rings is 1. The molecule has 8 heteroatoms. The van der Waals surface area contributed by atoms with Crippen LogP contribution in [-0.2, 0) is 4.74 Å². The third-order valence-electron chi connectivity index (χ3n) is 2.03. The minimum atomic E-state index is -0.757. The summed E-state index contributed by atoms with van der Waals surface area (Å²) in [5.41, 5.74) is 0. The average molecular weight is 306 g/mol. The number of rotatable bonds is 3. The van der Waals surface area contributed by atoms with Gasteiger partial charge in [-0.1, -0.05) is 22.9 Å². The fraction of sp³-hybridized carbons (Fsp3) is 0.0909. The molecular weight excluding hydrogens is 300 g/mol. The van der Waals surface area contributed by atoms with Gasteiger partial charge in [0, 0.05) is 6.07 Å². The van der Waals surface area contributed by atoms with Gasteiger partial charge in [-0.2, -0.15) is 4.98 Å². The molecule has 0 fully saturated rings. The second-order valence-electron chi connectivity index (χ2n) is 3.27. The molecule has 1 aromatic carbocycles. The number of methoxy groups -OCH3 is 1. The Morgan fingerprint density at radius 1 is 1.42 bits per heavy atom. The molecule has 0 bridgehead atoms. The van der Waals surface area contributed by atoms with Gasteiger partial charge in [-0.15, -0.1) is 0 Å². The largest absolute Gasteiger partial charge is 0.465 e. The summed E-state index contributed by atoms with van der Waals surface area (Å²) >= 11 is 6.48. The third kappa shape index (κ3) is 2.99. The lowest BCUT2D eigenvalue weighted by molar-refractivity contribution is 0.0606. The van der Waals surface area contributed by atoms with Gasteiger partial charge in [0.1, 0.15) is 5.82 Å². The monoisotopic (exact) mass is 305 g/mol. The van der Waals surface area contributed by atoms with E-state index in [2.05, 4.69) is 9.72 Å². The summed E-state index contributed by atoms with van der Waals surface area (Å²) in [4.78, 5) is 15.0. The first-order valence-corrected chi connectivity index (χ1v) is 6.08. The maximum atomic E-state index is 13.3. The van der Waals surface area contributed by atoms with Gasteiger partial charge in [0.2, 0.25) is 0 Å². The quantitative estimate of drug-likeness (QED) is 0.812. The summed E-state index contributed by atoms with van der Waals surface area (Å²) in [6.45, 7) is 0. The van der Waals surface area contributed by atoms with Crippen LogP contribution < -0.4 is 4.74 Å². The molecule has 100 valence electrons. The molecule has 1 aromatic heterocycles. The number of hydrogen-bond donors (Lipinski definition) is 0. The number of aromatic nitrogens is 1. The lowest BCUT2D eigenvalue weighted by Crippen LogP contribution is -1.98. The summed E-state index contributed by atoms with van der Waals surface area (Å²) in [6, 6.07) is 2.74. The van der Waals surface area contributed by atoms with Crippen molar-refractivity contribution in [2.24, 2.45) is 0 Å². The van der Waals surface area contributed by atoms with Crippen LogP contribution in [-0.4, -0.2) is 18.1 Å². The maximum Gasteiger partial charge on any atom is 0.351 e. The van der Waals surface area contributed by atoms with E-state index >= 15 is 0 Å². The first-order valence-electron chi connectivity index (χ1n) is 4.89. The van der Waals surface area contributed by atoms with Crippen LogP contribution in [0.1, 0.15) is 9.67 Å². The summed E-state index contributed by atoms with van der Waals surface area (Å²) in [5, 5.41) is -0.210. The molecule has 0 aliphatic heterocycles. The van der Waals surface area contributed by atoms with Gasteiger partial charge >= 0.3 is 5.97 Å². The van der Waals surface area contributed by atoms with Crippen molar-refractivity contribution in [3.8, 4) is 10.9 Å². The summed E-state index contributed by atoms with van der Waals surface area (Å²) < 4.78 is 35.8. The van der Waals surface area contributed by atoms with Gasteiger partial charge in [-0.3, -0.25) is 0 Å². The van der Waals surface area contributed by atoms with E-state index < -0.39 is 17.6 Å². The third-order valence-corrected chi connectivity index (χ3v) is 3.33. The van der Waals surface area contributed by atoms with Crippen LogP contribution in [0, 0.1) is 11.6 Å². The normalized spacial score (nSPS) is 10.3. The first kappa shape index (κ1) is 13.7. The number of carbonyl (C=O) groups excluding carboxylic acids is 1. The fourth-order valence-corrected chi connectivity index (χ4v) is 2.25. The Morgan fingerprint density at radius 2 is 2.16 bits per heavy atom. The van der Waals surface area contributed by atoms with Crippen molar-refractivity contribution in [3.05, 3.63) is 39.9 Å². The number of carbonyl (C=O) groups is 1. The fourth-order valence-electron chi connectivity index (χ4n) is 1.19. The zero-order valence-electron chi connectivity index (χ0n) is 9.45. The van der Waals surface area contributed by atoms with Gasteiger partial charge in [0.15, 0.2) is 21.6 Å². The highest BCUT2D eigenvalue weighted by Crippen LogP contribution is 2.33. The van der Waals surface area contributed by atoms with Crippen LogP contribution in [0.15, 0.2) is 18.2 Å². The highest BCUT2D eigenvalue weighted by atomic mass is 35.5. The Labute approximate surface area is 115 Å². The van der Waals surface area contributed by atoms with Crippen molar-refractivity contribution in [2.45, 2.75) is 0 Å². The second-order valence-corrected chi connectivity index (χ2v) is 4.59. The van der Waals surface area contributed by atoms with Crippen LogP contribution in [0.5, 0.6) is 10.9 Å². The number of thiazole rings is 1. The van der Waals surface area contributed by atoms with Crippen molar-refractivity contribution in [1.29, 1.82) is 0 Å². The molecule has 0 saturated heterocycles. The molecule has 0 atom stereocenters. The van der Waals surface area contributed by atoms with E-state index in [1.165, 1.54) is 7.11 Å². The molecule has 0 unspecified atom stereocenters. The Morgan fingerprint density at radius 3 is 2.84 bits per heavy atom. The number of hydrogen-bond acceptors (Lipinski definition) is 5. The van der Waals surface area contributed by atoms with E-state index in [1.807, 2.05) is 0 Å². The molecule has 0 aliphatic carbocycles. The van der Waals surface area contributed by atoms with Gasteiger partial charge < -0.3 is 9.47 Å². The molecule has 0 spiro atoms.